The number of hydrazine groups is 1. The second-order valence-electron chi connectivity index (χ2n) is 4.92. The molecule has 0 spiro atoms. The minimum absolute atomic E-state index is 0.119. The largest absolute Gasteiger partial charge is 0.460 e. The maximum absolute atomic E-state index is 13.2. The first kappa shape index (κ1) is 21.9. The van der Waals surface area contributed by atoms with E-state index in [9.17, 15) is 40.3 Å². The summed E-state index contributed by atoms with van der Waals surface area (Å²) in [6, 6.07) is 5.79. The Labute approximate surface area is 150 Å². The highest BCUT2D eigenvalue weighted by Crippen LogP contribution is 2.47. The maximum Gasteiger partial charge on any atom is 0.460 e. The Balaban J connectivity index is 2.81. The maximum atomic E-state index is 13.2. The van der Waals surface area contributed by atoms with Gasteiger partial charge in [0.1, 0.15) is 0 Å². The molecule has 0 unspecified atom stereocenters. The highest BCUT2D eigenvalue weighted by atomic mass is 79.9. The summed E-state index contributed by atoms with van der Waals surface area (Å²) in [5.74, 6) is -16.1. The number of amides is 1. The zero-order valence-electron chi connectivity index (χ0n) is 12.7. The molecule has 1 rings (SSSR count). The molecule has 1 amide bonds. The fourth-order valence-corrected chi connectivity index (χ4v) is 1.75. The second-order valence-corrected chi connectivity index (χ2v) is 5.84. The lowest BCUT2D eigenvalue weighted by atomic mass is 10.1. The molecule has 26 heavy (non-hydrogen) atoms. The monoisotopic (exact) mass is 450 g/mol. The van der Waals surface area contributed by atoms with Gasteiger partial charge in [-0.05, 0) is 31.2 Å². The minimum atomic E-state index is -6.61. The smallest absolute Gasteiger partial charge is 0.303 e. The van der Waals surface area contributed by atoms with Gasteiger partial charge in [-0.15, -0.1) is 0 Å². The summed E-state index contributed by atoms with van der Waals surface area (Å²) in [4.78, 5) is 22.9. The van der Waals surface area contributed by atoms with E-state index < -0.39 is 35.4 Å². The number of allylic oxidation sites excluding steroid dienone is 2. The molecule has 0 aliphatic rings. The molecule has 1 aromatic carbocycles. The van der Waals surface area contributed by atoms with Crippen LogP contribution in [0.25, 0.3) is 0 Å². The van der Waals surface area contributed by atoms with Gasteiger partial charge in [0, 0.05) is 21.8 Å². The van der Waals surface area contributed by atoms with E-state index in [-0.39, 0.29) is 11.6 Å². The Kier molecular flexibility index (Phi) is 6.44. The van der Waals surface area contributed by atoms with E-state index in [2.05, 4.69) is 15.9 Å². The Morgan fingerprint density at radius 1 is 0.962 bits per heavy atom. The van der Waals surface area contributed by atoms with Gasteiger partial charge in [0.25, 0.3) is 5.91 Å². The van der Waals surface area contributed by atoms with Gasteiger partial charge in [0.2, 0.25) is 5.78 Å². The van der Waals surface area contributed by atoms with Crippen molar-refractivity contribution in [2.24, 2.45) is 0 Å². The predicted octanol–water partition coefficient (Wildman–Crippen LogP) is 3.99. The normalized spacial score (nSPS) is 13.3. The molecule has 0 saturated heterocycles. The van der Waals surface area contributed by atoms with Gasteiger partial charge >= 0.3 is 18.0 Å². The third kappa shape index (κ3) is 4.74. The van der Waals surface area contributed by atoms with Crippen LogP contribution in [-0.2, 0) is 4.79 Å². The van der Waals surface area contributed by atoms with Gasteiger partial charge in [-0.2, -0.15) is 30.7 Å². The number of ketones is 1. The lowest BCUT2D eigenvalue weighted by Crippen LogP contribution is -2.55. The summed E-state index contributed by atoms with van der Waals surface area (Å²) in [5.41, 5.74) is 3.46. The number of rotatable bonds is 6. The molecule has 0 bridgehead atoms. The van der Waals surface area contributed by atoms with Crippen molar-refractivity contribution in [3.8, 4) is 0 Å². The molecule has 0 heterocycles. The molecule has 0 fully saturated rings. The number of hydrogen-bond donors (Lipinski definition) is 2. The van der Waals surface area contributed by atoms with E-state index in [4.69, 9.17) is 0 Å². The van der Waals surface area contributed by atoms with Crippen LogP contribution in [0.15, 0.2) is 40.5 Å². The van der Waals surface area contributed by atoms with Crippen LogP contribution in [0.5, 0.6) is 0 Å². The first-order valence-corrected chi connectivity index (χ1v) is 7.36. The van der Waals surface area contributed by atoms with Crippen LogP contribution in [0.2, 0.25) is 0 Å². The molecular formula is C14H10BrF7N2O2. The summed E-state index contributed by atoms with van der Waals surface area (Å²) in [6.45, 7) is 0.904. The third-order valence-electron chi connectivity index (χ3n) is 2.89. The Hall–Kier alpha value is -2.11. The van der Waals surface area contributed by atoms with Crippen molar-refractivity contribution in [3.05, 3.63) is 46.1 Å². The van der Waals surface area contributed by atoms with Crippen molar-refractivity contribution < 1.29 is 40.3 Å². The zero-order valence-corrected chi connectivity index (χ0v) is 14.3. The first-order valence-electron chi connectivity index (χ1n) is 6.57. The summed E-state index contributed by atoms with van der Waals surface area (Å²) in [7, 11) is 0. The first-order chi connectivity index (χ1) is 11.7. The quantitative estimate of drug-likeness (QED) is 0.391. The van der Waals surface area contributed by atoms with Gasteiger partial charge in [-0.3, -0.25) is 15.0 Å². The number of hydrogen-bond acceptors (Lipinski definition) is 3. The summed E-state index contributed by atoms with van der Waals surface area (Å²) in [6.07, 6.45) is -6.78. The van der Waals surface area contributed by atoms with Crippen LogP contribution in [0, 0.1) is 0 Å². The van der Waals surface area contributed by atoms with Crippen molar-refractivity contribution in [1.29, 1.82) is 0 Å². The summed E-state index contributed by atoms with van der Waals surface area (Å²) < 4.78 is 88.6. The van der Waals surface area contributed by atoms with Crippen molar-refractivity contribution >= 4 is 27.6 Å². The molecule has 4 nitrogen and oxygen atoms in total. The van der Waals surface area contributed by atoms with Crippen molar-refractivity contribution in [1.82, 2.24) is 10.9 Å². The fraction of sp³-hybridized carbons (Fsp3) is 0.286. The third-order valence-corrected chi connectivity index (χ3v) is 3.42. The van der Waals surface area contributed by atoms with Crippen molar-refractivity contribution in [2.75, 3.05) is 0 Å². The summed E-state index contributed by atoms with van der Waals surface area (Å²) >= 11 is 3.13. The van der Waals surface area contributed by atoms with E-state index in [0.29, 0.717) is 4.47 Å². The Morgan fingerprint density at radius 3 is 1.92 bits per heavy atom. The predicted molar refractivity (Wildman–Crippen MR) is 79.5 cm³/mol. The van der Waals surface area contributed by atoms with Crippen LogP contribution in [-0.4, -0.2) is 29.7 Å². The molecule has 0 aliphatic carbocycles. The van der Waals surface area contributed by atoms with Gasteiger partial charge in [-0.25, -0.2) is 0 Å². The van der Waals surface area contributed by atoms with Crippen LogP contribution >= 0.6 is 15.9 Å². The van der Waals surface area contributed by atoms with Gasteiger partial charge in [-0.1, -0.05) is 15.9 Å². The molecule has 0 saturated carbocycles. The van der Waals surface area contributed by atoms with E-state index in [0.717, 1.165) is 6.92 Å². The van der Waals surface area contributed by atoms with Crippen molar-refractivity contribution in [3.63, 3.8) is 0 Å². The topological polar surface area (TPSA) is 58.2 Å². The lowest BCUT2D eigenvalue weighted by molar-refractivity contribution is -0.342. The van der Waals surface area contributed by atoms with Crippen molar-refractivity contribution in [2.45, 2.75) is 24.9 Å². The standard InChI is InChI=1S/C14H10BrF7N2O2/c1-7(23-24-11(26)8-2-4-9(15)5-3-8)6-10(25)12(16,17)13(18,19)14(20,21)22/h2-6,23H,1H3,(H,24,26)/b7-6+. The van der Waals surface area contributed by atoms with E-state index in [1.54, 1.807) is 0 Å². The lowest BCUT2D eigenvalue weighted by Gasteiger charge is -2.26. The Bertz CT molecular complexity index is 715. The average molecular weight is 451 g/mol. The zero-order chi connectivity index (χ0) is 20.3. The number of alkyl halides is 7. The molecule has 0 atom stereocenters. The molecule has 0 aromatic heterocycles. The average Bonchev–Trinajstić information content (AvgIpc) is 2.51. The minimum Gasteiger partial charge on any atom is -0.303 e. The fourth-order valence-electron chi connectivity index (χ4n) is 1.48. The highest BCUT2D eigenvalue weighted by Gasteiger charge is 2.75. The van der Waals surface area contributed by atoms with Gasteiger partial charge < -0.3 is 5.43 Å². The molecule has 0 radical (unpaired) electrons. The SMILES string of the molecule is C/C(=C\C(=O)C(F)(F)C(F)(F)C(F)(F)F)NNC(=O)c1ccc(Br)cc1. The molecule has 144 valence electrons. The second kappa shape index (κ2) is 7.64. The van der Waals surface area contributed by atoms with Crippen LogP contribution < -0.4 is 10.9 Å². The van der Waals surface area contributed by atoms with Crippen LogP contribution in [0.3, 0.4) is 0 Å². The van der Waals surface area contributed by atoms with Crippen LogP contribution in [0.4, 0.5) is 30.7 Å². The van der Waals surface area contributed by atoms with E-state index in [1.165, 1.54) is 24.3 Å². The molecule has 1 aromatic rings. The van der Waals surface area contributed by atoms with Gasteiger partial charge in [0.15, 0.2) is 0 Å². The number of carbonyl (C=O) groups excluding carboxylic acids is 2. The van der Waals surface area contributed by atoms with E-state index >= 15 is 0 Å². The molecule has 0 aliphatic heterocycles. The molecule has 2 N–H and O–H groups in total. The van der Waals surface area contributed by atoms with E-state index in [1.807, 2.05) is 10.9 Å². The van der Waals surface area contributed by atoms with Gasteiger partial charge in [0.05, 0.1) is 0 Å². The highest BCUT2D eigenvalue weighted by molar-refractivity contribution is 9.10. The number of benzene rings is 1. The van der Waals surface area contributed by atoms with Crippen LogP contribution in [0.1, 0.15) is 17.3 Å². The molecule has 12 heteroatoms. The number of carbonyl (C=O) groups is 2. The number of nitrogens with one attached hydrogen (secondary N) is 2. The Morgan fingerprint density at radius 2 is 1.46 bits per heavy atom. The molecular weight excluding hydrogens is 441 g/mol. The number of halogens is 8. The summed E-state index contributed by atoms with van der Waals surface area (Å²) in [5, 5.41) is 0.